The maximum Gasteiger partial charge on any atom is 0.226 e. The van der Waals surface area contributed by atoms with Crippen LogP contribution in [0.1, 0.15) is 82.1 Å². The average Bonchev–Trinajstić information content (AvgIpc) is 2.41. The highest BCUT2D eigenvalue weighted by molar-refractivity contribution is 5.83. The van der Waals surface area contributed by atoms with E-state index in [-0.39, 0.29) is 28.7 Å². The molecule has 0 saturated carbocycles. The van der Waals surface area contributed by atoms with Crippen LogP contribution in [0.4, 0.5) is 0 Å². The van der Waals surface area contributed by atoms with Crippen LogP contribution in [0.5, 0.6) is 0 Å². The van der Waals surface area contributed by atoms with Crippen LogP contribution >= 0.6 is 0 Å². The number of hydrogen-bond acceptors (Lipinski definition) is 2. The lowest BCUT2D eigenvalue weighted by atomic mass is 9.65. The smallest absolute Gasteiger partial charge is 0.226 e. The fraction of sp³-hybridized carbons (Fsp3) is 0.900. The molecule has 24 heavy (non-hydrogen) atoms. The third-order valence-corrected chi connectivity index (χ3v) is 5.97. The van der Waals surface area contributed by atoms with E-state index in [1.54, 1.807) is 0 Å². The summed E-state index contributed by atoms with van der Waals surface area (Å²) in [6.07, 6.45) is 1.75. The lowest BCUT2D eigenvalue weighted by Gasteiger charge is -2.41. The minimum absolute atomic E-state index is 0.0903. The van der Waals surface area contributed by atoms with Crippen LogP contribution < -0.4 is 10.6 Å². The zero-order chi connectivity index (χ0) is 19.3. The van der Waals surface area contributed by atoms with Crippen LogP contribution in [-0.2, 0) is 9.59 Å². The predicted molar refractivity (Wildman–Crippen MR) is 102 cm³/mol. The number of amides is 2. The van der Waals surface area contributed by atoms with Gasteiger partial charge in [0, 0.05) is 23.4 Å². The topological polar surface area (TPSA) is 58.2 Å². The molecule has 2 amide bonds. The fourth-order valence-electron chi connectivity index (χ4n) is 2.28. The number of hydrogen-bond donors (Lipinski definition) is 2. The second-order valence-corrected chi connectivity index (χ2v) is 9.37. The maximum absolute atomic E-state index is 12.5. The van der Waals surface area contributed by atoms with Crippen molar-refractivity contribution >= 4 is 11.8 Å². The van der Waals surface area contributed by atoms with Gasteiger partial charge < -0.3 is 10.6 Å². The molecule has 4 nitrogen and oxygen atoms in total. The number of nitrogens with one attached hydrogen (secondary N) is 2. The first-order valence-corrected chi connectivity index (χ1v) is 9.25. The van der Waals surface area contributed by atoms with Gasteiger partial charge in [0.25, 0.3) is 0 Å². The molecule has 0 aromatic carbocycles. The van der Waals surface area contributed by atoms with Crippen LogP contribution in [0.2, 0.25) is 0 Å². The van der Waals surface area contributed by atoms with Crippen LogP contribution in [0.15, 0.2) is 0 Å². The van der Waals surface area contributed by atoms with E-state index in [4.69, 9.17) is 0 Å². The van der Waals surface area contributed by atoms with E-state index < -0.39 is 5.41 Å². The molecular formula is C20H40N2O2. The zero-order valence-corrected chi connectivity index (χ0v) is 17.6. The lowest BCUT2D eigenvalue weighted by Crippen LogP contribution is -2.48. The van der Waals surface area contributed by atoms with Crippen molar-refractivity contribution in [1.82, 2.24) is 10.6 Å². The Morgan fingerprint density at radius 3 is 1.79 bits per heavy atom. The molecule has 0 bridgehead atoms. The minimum atomic E-state index is -0.460. The summed E-state index contributed by atoms with van der Waals surface area (Å²) in [6, 6.07) is 0.144. The molecule has 0 rings (SSSR count). The monoisotopic (exact) mass is 340 g/mol. The molecule has 0 aliphatic heterocycles. The van der Waals surface area contributed by atoms with E-state index in [9.17, 15) is 9.59 Å². The molecule has 0 aliphatic rings. The number of carbonyl (C=O) groups is 2. The third-order valence-electron chi connectivity index (χ3n) is 5.97. The first-order valence-electron chi connectivity index (χ1n) is 9.25. The summed E-state index contributed by atoms with van der Waals surface area (Å²) in [7, 11) is 0. The summed E-state index contributed by atoms with van der Waals surface area (Å²) in [5, 5.41) is 6.07. The normalized spacial score (nSPS) is 13.3. The third kappa shape index (κ3) is 5.78. The summed E-state index contributed by atoms with van der Waals surface area (Å²) in [5.41, 5.74) is -0.964. The van der Waals surface area contributed by atoms with Crippen molar-refractivity contribution in [3.8, 4) is 0 Å². The van der Waals surface area contributed by atoms with Gasteiger partial charge in [0.1, 0.15) is 0 Å². The lowest BCUT2D eigenvalue weighted by molar-refractivity contribution is -0.136. The average molecular weight is 341 g/mol. The molecule has 0 aromatic heterocycles. The first kappa shape index (κ1) is 22.9. The number of rotatable bonds is 9. The summed E-state index contributed by atoms with van der Waals surface area (Å²) < 4.78 is 0. The molecule has 0 aliphatic carbocycles. The van der Waals surface area contributed by atoms with Crippen molar-refractivity contribution in [3.05, 3.63) is 0 Å². The summed E-state index contributed by atoms with van der Waals surface area (Å²) >= 11 is 0. The largest absolute Gasteiger partial charge is 0.356 e. The van der Waals surface area contributed by atoms with Gasteiger partial charge in [-0.1, -0.05) is 55.4 Å². The second-order valence-electron chi connectivity index (χ2n) is 9.37. The molecule has 0 atom stereocenters. The predicted octanol–water partition coefficient (Wildman–Crippen LogP) is 4.14. The van der Waals surface area contributed by atoms with Gasteiger partial charge in [0.2, 0.25) is 11.8 Å². The van der Waals surface area contributed by atoms with E-state index in [1.807, 2.05) is 41.5 Å². The van der Waals surface area contributed by atoms with Crippen molar-refractivity contribution < 1.29 is 9.59 Å². The van der Waals surface area contributed by atoms with Crippen molar-refractivity contribution in [2.24, 2.45) is 22.2 Å². The Hall–Kier alpha value is -1.06. The Bertz CT molecular complexity index is 435. The molecule has 142 valence electrons. The fourth-order valence-corrected chi connectivity index (χ4v) is 2.28. The highest BCUT2D eigenvalue weighted by Crippen LogP contribution is 2.42. The van der Waals surface area contributed by atoms with Crippen LogP contribution in [0.25, 0.3) is 0 Å². The molecule has 0 saturated heterocycles. The standard InChI is InChI=1S/C20H40N2O2/c1-14(2)19(7,8)16(23)21-13-11-12-18(5,6)20(9,10)17(24)22-15(3)4/h14-15H,11-13H2,1-10H3,(H,21,23)(H,22,24). The Morgan fingerprint density at radius 2 is 1.38 bits per heavy atom. The first-order chi connectivity index (χ1) is 10.7. The van der Waals surface area contributed by atoms with Gasteiger partial charge in [-0.15, -0.1) is 0 Å². The van der Waals surface area contributed by atoms with Crippen molar-refractivity contribution in [2.45, 2.75) is 88.1 Å². The van der Waals surface area contributed by atoms with Crippen LogP contribution in [0.3, 0.4) is 0 Å². The van der Waals surface area contributed by atoms with Gasteiger partial charge in [-0.05, 0) is 38.0 Å². The van der Waals surface area contributed by atoms with E-state index >= 15 is 0 Å². The van der Waals surface area contributed by atoms with Crippen LogP contribution in [0, 0.1) is 22.2 Å². The summed E-state index contributed by atoms with van der Waals surface area (Å²) in [5.74, 6) is 0.493. The molecule has 2 N–H and O–H groups in total. The van der Waals surface area contributed by atoms with E-state index in [1.165, 1.54) is 0 Å². The van der Waals surface area contributed by atoms with Crippen molar-refractivity contribution in [3.63, 3.8) is 0 Å². The molecular weight excluding hydrogens is 300 g/mol. The Labute approximate surface area is 149 Å². The van der Waals surface area contributed by atoms with Gasteiger partial charge >= 0.3 is 0 Å². The molecule has 4 heteroatoms. The summed E-state index contributed by atoms with van der Waals surface area (Å²) in [4.78, 5) is 24.8. The SMILES string of the molecule is CC(C)NC(=O)C(C)(C)C(C)(C)CCCNC(=O)C(C)(C)C(C)C. The van der Waals surface area contributed by atoms with Gasteiger partial charge in [-0.25, -0.2) is 0 Å². The van der Waals surface area contributed by atoms with Gasteiger partial charge in [-0.2, -0.15) is 0 Å². The van der Waals surface area contributed by atoms with E-state index in [0.717, 1.165) is 12.8 Å². The molecule has 0 heterocycles. The Balaban J connectivity index is 4.59. The van der Waals surface area contributed by atoms with Gasteiger partial charge in [0.15, 0.2) is 0 Å². The van der Waals surface area contributed by atoms with E-state index in [0.29, 0.717) is 12.5 Å². The molecule has 0 fully saturated rings. The van der Waals surface area contributed by atoms with Crippen molar-refractivity contribution in [2.75, 3.05) is 6.54 Å². The number of carbonyl (C=O) groups excluding carboxylic acids is 2. The Morgan fingerprint density at radius 1 is 0.875 bits per heavy atom. The zero-order valence-electron chi connectivity index (χ0n) is 17.6. The summed E-state index contributed by atoms with van der Waals surface area (Å²) in [6.45, 7) is 21.0. The quantitative estimate of drug-likeness (QED) is 0.620. The minimum Gasteiger partial charge on any atom is -0.356 e. The molecule has 0 spiro atoms. The molecule has 0 unspecified atom stereocenters. The Kier molecular flexibility index (Phi) is 7.98. The van der Waals surface area contributed by atoms with Crippen molar-refractivity contribution in [1.29, 1.82) is 0 Å². The highest BCUT2D eigenvalue weighted by Gasteiger charge is 2.42. The second kappa shape index (κ2) is 8.35. The van der Waals surface area contributed by atoms with Gasteiger partial charge in [0.05, 0.1) is 0 Å². The van der Waals surface area contributed by atoms with Gasteiger partial charge in [-0.3, -0.25) is 9.59 Å². The molecule has 0 radical (unpaired) electrons. The maximum atomic E-state index is 12.5. The molecule has 0 aromatic rings. The highest BCUT2D eigenvalue weighted by atomic mass is 16.2. The van der Waals surface area contributed by atoms with Crippen LogP contribution in [-0.4, -0.2) is 24.4 Å². The van der Waals surface area contributed by atoms with E-state index in [2.05, 4.69) is 38.3 Å².